The van der Waals surface area contributed by atoms with Gasteiger partial charge in [-0.15, -0.1) is 0 Å². The van der Waals surface area contributed by atoms with E-state index in [1.807, 2.05) is 49.7 Å². The molecule has 0 spiro atoms. The average molecular weight is 844 g/mol. The molecular formula is C45H47F2N11O4. The van der Waals surface area contributed by atoms with Crippen molar-refractivity contribution in [2.75, 3.05) is 42.9 Å². The first-order valence-electron chi connectivity index (χ1n) is 21.4. The number of carbonyl (C=O) groups is 4. The van der Waals surface area contributed by atoms with E-state index in [9.17, 15) is 19.2 Å². The number of imidazole rings is 1. The Morgan fingerprint density at radius 3 is 2.35 bits per heavy atom. The minimum atomic E-state index is -0.976. The van der Waals surface area contributed by atoms with Crippen LogP contribution in [0, 0.1) is 24.5 Å². The molecule has 6 aliphatic rings. The van der Waals surface area contributed by atoms with Crippen molar-refractivity contribution in [3.8, 4) is 11.3 Å². The molecule has 0 radical (unpaired) electrons. The van der Waals surface area contributed by atoms with Crippen LogP contribution in [0.5, 0.6) is 0 Å². The van der Waals surface area contributed by atoms with E-state index in [-0.39, 0.29) is 36.0 Å². The number of amides is 4. The van der Waals surface area contributed by atoms with E-state index in [4.69, 9.17) is 0 Å². The highest BCUT2D eigenvalue weighted by Crippen LogP contribution is 2.40. The van der Waals surface area contributed by atoms with E-state index >= 15 is 8.78 Å². The Bertz CT molecular complexity index is 2630. The van der Waals surface area contributed by atoms with E-state index < -0.39 is 41.3 Å². The molecule has 3 atom stereocenters. The number of pyridine rings is 1. The lowest BCUT2D eigenvalue weighted by molar-refractivity contribution is -0.136. The second-order valence-corrected chi connectivity index (χ2v) is 17.6. The quantitative estimate of drug-likeness (QED) is 0.173. The molecule has 62 heavy (non-hydrogen) atoms. The summed E-state index contributed by atoms with van der Waals surface area (Å²) in [6, 6.07) is 12.0. The molecule has 2 bridgehead atoms. The van der Waals surface area contributed by atoms with Crippen molar-refractivity contribution < 1.29 is 28.0 Å². The molecule has 6 aliphatic heterocycles. The van der Waals surface area contributed by atoms with Gasteiger partial charge in [0.1, 0.15) is 28.9 Å². The number of nitrogens with one attached hydrogen (secondary N) is 2. The molecule has 5 saturated heterocycles. The number of rotatable bonds is 10. The molecule has 15 nitrogen and oxygen atoms in total. The van der Waals surface area contributed by atoms with E-state index in [0.29, 0.717) is 51.9 Å². The molecule has 3 aromatic heterocycles. The summed E-state index contributed by atoms with van der Waals surface area (Å²) < 4.78 is 32.1. The highest BCUT2D eigenvalue weighted by molar-refractivity contribution is 6.23. The summed E-state index contributed by atoms with van der Waals surface area (Å²) in [6.45, 7) is 11.5. The number of halogens is 2. The molecule has 0 saturated carbocycles. The Hall–Kier alpha value is -6.20. The summed E-state index contributed by atoms with van der Waals surface area (Å²) in [7, 11) is 0. The summed E-state index contributed by atoms with van der Waals surface area (Å²) in [5.41, 5.74) is 3.71. The number of aromatic nitrogens is 5. The minimum Gasteiger partial charge on any atom is -0.363 e. The largest absolute Gasteiger partial charge is 0.363 e. The first-order chi connectivity index (χ1) is 29.9. The monoisotopic (exact) mass is 843 g/mol. The van der Waals surface area contributed by atoms with Gasteiger partial charge in [-0.1, -0.05) is 6.07 Å². The highest BCUT2D eigenvalue weighted by atomic mass is 19.1. The van der Waals surface area contributed by atoms with E-state index in [2.05, 4.69) is 45.3 Å². The molecule has 17 heteroatoms. The normalized spacial score (nSPS) is 22.1. The topological polar surface area (TPSA) is 162 Å². The molecule has 11 rings (SSSR count). The number of carbonyl (C=O) groups excluding carboxylic acids is 4. The number of benzene rings is 2. The van der Waals surface area contributed by atoms with Crippen LogP contribution in [0.25, 0.3) is 22.3 Å². The number of hydrogen-bond acceptors (Lipinski definition) is 12. The molecule has 9 heterocycles. The van der Waals surface area contributed by atoms with Gasteiger partial charge >= 0.3 is 0 Å². The molecule has 2 aromatic carbocycles. The average Bonchev–Trinajstić information content (AvgIpc) is 3.71. The first-order valence-corrected chi connectivity index (χ1v) is 21.4. The van der Waals surface area contributed by atoms with Gasteiger partial charge in [-0.3, -0.25) is 39.2 Å². The van der Waals surface area contributed by atoms with Crippen LogP contribution in [-0.2, 0) is 16.1 Å². The van der Waals surface area contributed by atoms with Gasteiger partial charge in [0, 0.05) is 68.2 Å². The van der Waals surface area contributed by atoms with Crippen molar-refractivity contribution in [3.05, 3.63) is 89.0 Å². The Balaban J connectivity index is 0.706. The number of anilines is 3. The third-order valence-electron chi connectivity index (χ3n) is 13.1. The van der Waals surface area contributed by atoms with Gasteiger partial charge < -0.3 is 14.8 Å². The number of nitrogens with zero attached hydrogens (tertiary/aromatic N) is 9. The molecule has 5 fully saturated rings. The van der Waals surface area contributed by atoms with Gasteiger partial charge in [0.2, 0.25) is 17.8 Å². The number of fused-ring (bicyclic) bond motifs is 4. The smallest absolute Gasteiger partial charge is 0.262 e. The van der Waals surface area contributed by atoms with Crippen LogP contribution < -0.4 is 15.5 Å². The SMILES string of the molecule is Cc1nc2c(F)cc(-c3nc(Nc4ccc(CN5CCC(CN6CC7CC(C6)N7c6ccc7c(c6)C(=O)N(C6CCC(=O)NC6=O)C7=O)CC5)cn4)ncc3F)cc2n1C(C)C. The maximum atomic E-state index is 15.2. The third-order valence-corrected chi connectivity index (χ3v) is 13.1. The summed E-state index contributed by atoms with van der Waals surface area (Å²) in [4.78, 5) is 76.7. The number of piperazine rings is 1. The number of aryl methyl sites for hydroxylation is 1. The Morgan fingerprint density at radius 2 is 1.63 bits per heavy atom. The van der Waals surface area contributed by atoms with Crippen molar-refractivity contribution in [2.45, 2.75) is 83.6 Å². The fourth-order valence-electron chi connectivity index (χ4n) is 10.2. The molecule has 320 valence electrons. The fourth-order valence-corrected chi connectivity index (χ4v) is 10.2. The second-order valence-electron chi connectivity index (χ2n) is 17.6. The fraction of sp³-hybridized carbons (Fsp3) is 0.422. The lowest BCUT2D eigenvalue weighted by Gasteiger charge is -2.58. The molecule has 5 aromatic rings. The van der Waals surface area contributed by atoms with Gasteiger partial charge in [0.25, 0.3) is 11.8 Å². The van der Waals surface area contributed by atoms with E-state index in [1.54, 1.807) is 18.2 Å². The van der Waals surface area contributed by atoms with Gasteiger partial charge in [0.05, 0.1) is 22.8 Å². The molecule has 0 aliphatic carbocycles. The van der Waals surface area contributed by atoms with Gasteiger partial charge in [-0.05, 0) is 107 Å². The maximum absolute atomic E-state index is 15.2. The van der Waals surface area contributed by atoms with Crippen LogP contribution >= 0.6 is 0 Å². The number of likely N-dealkylation sites (tertiary alicyclic amines) is 1. The van der Waals surface area contributed by atoms with Crippen molar-refractivity contribution in [2.24, 2.45) is 5.92 Å². The zero-order valence-corrected chi connectivity index (χ0v) is 34.8. The number of imide groups is 2. The zero-order chi connectivity index (χ0) is 43.0. The zero-order valence-electron chi connectivity index (χ0n) is 34.8. The Morgan fingerprint density at radius 1 is 0.855 bits per heavy atom. The third kappa shape index (κ3) is 7.15. The number of piperidine rings is 3. The lowest BCUT2D eigenvalue weighted by atomic mass is 9.85. The molecular weight excluding hydrogens is 797 g/mol. The van der Waals surface area contributed by atoms with Gasteiger partial charge in [-0.25, -0.2) is 28.7 Å². The van der Waals surface area contributed by atoms with Crippen LogP contribution in [0.2, 0.25) is 0 Å². The predicted molar refractivity (Wildman–Crippen MR) is 226 cm³/mol. The summed E-state index contributed by atoms with van der Waals surface area (Å²) in [6.07, 6.45) is 6.42. The van der Waals surface area contributed by atoms with E-state index in [0.717, 1.165) is 80.9 Å². The lowest BCUT2D eigenvalue weighted by Crippen LogP contribution is -2.69. The van der Waals surface area contributed by atoms with E-state index in [1.165, 1.54) is 6.07 Å². The molecule has 3 unspecified atom stereocenters. The van der Waals surface area contributed by atoms with Gasteiger partial charge in [-0.2, -0.15) is 0 Å². The first kappa shape index (κ1) is 39.9. The second kappa shape index (κ2) is 15.6. The maximum Gasteiger partial charge on any atom is 0.262 e. The van der Waals surface area contributed by atoms with Crippen molar-refractivity contribution >= 4 is 52.1 Å². The summed E-state index contributed by atoms with van der Waals surface area (Å²) in [5, 5.41) is 5.32. The van der Waals surface area contributed by atoms with Crippen LogP contribution in [0.4, 0.5) is 26.2 Å². The molecule has 4 amide bonds. The minimum absolute atomic E-state index is 0.0206. The van der Waals surface area contributed by atoms with Crippen molar-refractivity contribution in [3.63, 3.8) is 0 Å². The Kier molecular flexibility index (Phi) is 10.0. The molecule has 2 N–H and O–H groups in total. The van der Waals surface area contributed by atoms with Crippen LogP contribution in [0.15, 0.2) is 54.9 Å². The van der Waals surface area contributed by atoms with Crippen LogP contribution in [0.3, 0.4) is 0 Å². The van der Waals surface area contributed by atoms with Crippen molar-refractivity contribution in [1.82, 2.24) is 44.5 Å². The van der Waals surface area contributed by atoms with Gasteiger partial charge in [0.15, 0.2) is 11.6 Å². The summed E-state index contributed by atoms with van der Waals surface area (Å²) in [5.74, 6) is -1.24. The van der Waals surface area contributed by atoms with Crippen molar-refractivity contribution in [1.29, 1.82) is 0 Å². The highest BCUT2D eigenvalue weighted by Gasteiger charge is 2.48. The van der Waals surface area contributed by atoms with Crippen LogP contribution in [-0.4, -0.2) is 114 Å². The standard InChI is InChI=1S/C45H47F2N11O4/c1-24(2)56-25(3)50-41-34(46)14-28(15-37(41)56)40-35(47)19-49-45(53-40)51-38-8-4-27(18-48-38)21-54-12-10-26(11-13-54)20-55-22-30-16-31(23-55)57(30)29-5-6-32-33(17-29)44(62)58(43(32)61)36-7-9-39(59)52-42(36)60/h4-6,8,14-15,17-19,24,26,30-31,36H,7,9-13,16,20-23H2,1-3H3,(H,52,59,60)(H,48,49,51,53). The summed E-state index contributed by atoms with van der Waals surface area (Å²) >= 11 is 0. The van der Waals surface area contributed by atoms with Crippen LogP contribution in [0.1, 0.15) is 84.1 Å². The predicted octanol–water partition coefficient (Wildman–Crippen LogP) is 5.38. The Labute approximate surface area is 356 Å². The number of hydrogen-bond donors (Lipinski definition) is 2.